The first kappa shape index (κ1) is 12.6. The van der Waals surface area contributed by atoms with E-state index in [1.807, 2.05) is 48.5 Å². The SMILES string of the molecule is Sc1c(-c2ccccc2)n[nH]c1-c1nc2ccccc2s1. The second-order valence-electron chi connectivity index (χ2n) is 4.65. The molecule has 0 aliphatic carbocycles. The van der Waals surface area contributed by atoms with Crippen molar-refractivity contribution in [3.05, 3.63) is 54.6 Å². The molecule has 4 aromatic rings. The van der Waals surface area contributed by atoms with Crippen molar-refractivity contribution in [3.63, 3.8) is 0 Å². The molecule has 2 heterocycles. The van der Waals surface area contributed by atoms with E-state index in [1.54, 1.807) is 11.3 Å². The van der Waals surface area contributed by atoms with Crippen LogP contribution in [-0.2, 0) is 0 Å². The molecule has 0 atom stereocenters. The Hall–Kier alpha value is -2.11. The summed E-state index contributed by atoms with van der Waals surface area (Å²) in [4.78, 5) is 5.48. The number of thiol groups is 1. The second-order valence-corrected chi connectivity index (χ2v) is 6.13. The minimum atomic E-state index is 0.834. The Kier molecular flexibility index (Phi) is 3.02. The quantitative estimate of drug-likeness (QED) is 0.530. The summed E-state index contributed by atoms with van der Waals surface area (Å²) < 4.78 is 1.16. The lowest BCUT2D eigenvalue weighted by molar-refractivity contribution is 1.10. The molecule has 0 saturated heterocycles. The van der Waals surface area contributed by atoms with Gasteiger partial charge in [0, 0.05) is 5.56 Å². The third kappa shape index (κ3) is 2.14. The van der Waals surface area contributed by atoms with Gasteiger partial charge in [-0.15, -0.1) is 24.0 Å². The topological polar surface area (TPSA) is 41.6 Å². The molecule has 0 unspecified atom stereocenters. The van der Waals surface area contributed by atoms with Crippen LogP contribution in [0.5, 0.6) is 0 Å². The zero-order chi connectivity index (χ0) is 14.2. The Morgan fingerprint density at radius 3 is 2.52 bits per heavy atom. The van der Waals surface area contributed by atoms with Gasteiger partial charge in [-0.05, 0) is 12.1 Å². The number of aromatic nitrogens is 3. The molecule has 2 aromatic heterocycles. The van der Waals surface area contributed by atoms with E-state index in [0.29, 0.717) is 0 Å². The molecule has 0 amide bonds. The van der Waals surface area contributed by atoms with E-state index in [2.05, 4.69) is 33.9 Å². The van der Waals surface area contributed by atoms with Crippen LogP contribution in [0.15, 0.2) is 59.5 Å². The van der Waals surface area contributed by atoms with Crippen LogP contribution in [-0.4, -0.2) is 15.2 Å². The van der Waals surface area contributed by atoms with Crippen molar-refractivity contribution in [2.24, 2.45) is 0 Å². The maximum atomic E-state index is 4.65. The highest BCUT2D eigenvalue weighted by Crippen LogP contribution is 2.36. The number of rotatable bonds is 2. The molecule has 21 heavy (non-hydrogen) atoms. The molecule has 2 aromatic carbocycles. The van der Waals surface area contributed by atoms with E-state index in [4.69, 9.17) is 0 Å². The maximum Gasteiger partial charge on any atom is 0.143 e. The van der Waals surface area contributed by atoms with E-state index in [0.717, 1.165) is 37.1 Å². The van der Waals surface area contributed by atoms with Gasteiger partial charge in [-0.25, -0.2) is 4.98 Å². The van der Waals surface area contributed by atoms with Crippen LogP contribution in [0.3, 0.4) is 0 Å². The van der Waals surface area contributed by atoms with Crippen LogP contribution in [0.1, 0.15) is 0 Å². The number of H-pyrrole nitrogens is 1. The van der Waals surface area contributed by atoms with Crippen molar-refractivity contribution in [1.29, 1.82) is 0 Å². The van der Waals surface area contributed by atoms with Crippen LogP contribution in [0.25, 0.3) is 32.2 Å². The Morgan fingerprint density at radius 1 is 0.952 bits per heavy atom. The van der Waals surface area contributed by atoms with Gasteiger partial charge >= 0.3 is 0 Å². The highest BCUT2D eigenvalue weighted by atomic mass is 32.1. The average Bonchev–Trinajstić information content (AvgIpc) is 3.11. The minimum Gasteiger partial charge on any atom is -0.274 e. The fourth-order valence-corrected chi connectivity index (χ4v) is 3.64. The highest BCUT2D eigenvalue weighted by molar-refractivity contribution is 7.80. The van der Waals surface area contributed by atoms with Crippen LogP contribution < -0.4 is 0 Å². The summed E-state index contributed by atoms with van der Waals surface area (Å²) in [7, 11) is 0. The predicted octanol–water partition coefficient (Wildman–Crippen LogP) is 4.64. The molecule has 0 fully saturated rings. The third-order valence-corrected chi connectivity index (χ3v) is 4.78. The van der Waals surface area contributed by atoms with E-state index in [9.17, 15) is 0 Å². The van der Waals surface area contributed by atoms with Crippen LogP contribution in [0.4, 0.5) is 0 Å². The number of hydrogen-bond donors (Lipinski definition) is 2. The van der Waals surface area contributed by atoms with E-state index < -0.39 is 0 Å². The normalized spacial score (nSPS) is 11.1. The molecule has 3 nitrogen and oxygen atoms in total. The number of benzene rings is 2. The predicted molar refractivity (Wildman–Crippen MR) is 89.9 cm³/mol. The zero-order valence-electron chi connectivity index (χ0n) is 10.9. The van der Waals surface area contributed by atoms with Crippen LogP contribution in [0.2, 0.25) is 0 Å². The van der Waals surface area contributed by atoms with Gasteiger partial charge in [-0.1, -0.05) is 42.5 Å². The van der Waals surface area contributed by atoms with Crippen molar-refractivity contribution in [2.45, 2.75) is 4.90 Å². The number of para-hydroxylation sites is 1. The van der Waals surface area contributed by atoms with Gasteiger partial charge < -0.3 is 0 Å². The van der Waals surface area contributed by atoms with Gasteiger partial charge in [-0.3, -0.25) is 5.10 Å². The van der Waals surface area contributed by atoms with E-state index in [1.165, 1.54) is 0 Å². The molecule has 0 aliphatic heterocycles. The lowest BCUT2D eigenvalue weighted by atomic mass is 10.1. The summed E-state index contributed by atoms with van der Waals surface area (Å²) in [6.45, 7) is 0. The fraction of sp³-hybridized carbons (Fsp3) is 0. The Balaban J connectivity index is 1.85. The molecule has 0 radical (unpaired) electrons. The lowest BCUT2D eigenvalue weighted by Gasteiger charge is -1.97. The van der Waals surface area contributed by atoms with Gasteiger partial charge in [-0.2, -0.15) is 5.10 Å². The Labute approximate surface area is 131 Å². The number of nitrogens with one attached hydrogen (secondary N) is 1. The molecule has 5 heteroatoms. The number of fused-ring (bicyclic) bond motifs is 1. The Bertz CT molecular complexity index is 877. The Morgan fingerprint density at radius 2 is 1.71 bits per heavy atom. The summed E-state index contributed by atoms with van der Waals surface area (Å²) in [6.07, 6.45) is 0. The first-order chi connectivity index (χ1) is 10.3. The van der Waals surface area contributed by atoms with Gasteiger partial charge in [0.25, 0.3) is 0 Å². The third-order valence-electron chi connectivity index (χ3n) is 3.30. The van der Waals surface area contributed by atoms with Crippen molar-refractivity contribution < 1.29 is 0 Å². The number of aromatic amines is 1. The average molecular weight is 309 g/mol. The number of hydrogen-bond acceptors (Lipinski definition) is 4. The summed E-state index contributed by atoms with van der Waals surface area (Å²) in [5.41, 5.74) is 3.78. The summed E-state index contributed by atoms with van der Waals surface area (Å²) in [5, 5.41) is 8.38. The maximum absolute atomic E-state index is 4.65. The zero-order valence-corrected chi connectivity index (χ0v) is 12.7. The van der Waals surface area contributed by atoms with Gasteiger partial charge in [0.15, 0.2) is 0 Å². The smallest absolute Gasteiger partial charge is 0.143 e. The first-order valence-corrected chi connectivity index (χ1v) is 7.78. The molecule has 102 valence electrons. The summed E-state index contributed by atoms with van der Waals surface area (Å²) >= 11 is 6.28. The molecule has 0 spiro atoms. The van der Waals surface area contributed by atoms with E-state index in [-0.39, 0.29) is 0 Å². The molecule has 4 rings (SSSR count). The number of thiazole rings is 1. The largest absolute Gasteiger partial charge is 0.274 e. The van der Waals surface area contributed by atoms with Crippen LogP contribution >= 0.6 is 24.0 Å². The molecule has 0 aliphatic rings. The summed E-state index contributed by atoms with van der Waals surface area (Å²) in [6, 6.07) is 18.1. The monoisotopic (exact) mass is 309 g/mol. The van der Waals surface area contributed by atoms with Crippen molar-refractivity contribution in [1.82, 2.24) is 15.2 Å². The minimum absolute atomic E-state index is 0.834. The fourth-order valence-electron chi connectivity index (χ4n) is 2.26. The number of nitrogens with zero attached hydrogens (tertiary/aromatic N) is 2. The van der Waals surface area contributed by atoms with Gasteiger partial charge in [0.1, 0.15) is 16.4 Å². The standard InChI is InChI=1S/C16H11N3S2/c20-15-13(10-6-2-1-3-7-10)18-19-14(15)16-17-11-8-4-5-9-12(11)21-16/h1-9,20H,(H,18,19). The molecular weight excluding hydrogens is 298 g/mol. The van der Waals surface area contributed by atoms with Gasteiger partial charge in [0.2, 0.25) is 0 Å². The molecule has 0 saturated carbocycles. The molecule has 0 bridgehead atoms. The van der Waals surface area contributed by atoms with Crippen molar-refractivity contribution in [2.75, 3.05) is 0 Å². The highest BCUT2D eigenvalue weighted by Gasteiger charge is 2.16. The van der Waals surface area contributed by atoms with Crippen molar-refractivity contribution in [3.8, 4) is 22.0 Å². The molecular formula is C16H11N3S2. The second kappa shape index (κ2) is 5.02. The molecule has 1 N–H and O–H groups in total. The first-order valence-electron chi connectivity index (χ1n) is 6.51. The lowest BCUT2D eigenvalue weighted by Crippen LogP contribution is -1.78. The van der Waals surface area contributed by atoms with Crippen molar-refractivity contribution >= 4 is 34.2 Å². The van der Waals surface area contributed by atoms with Crippen LogP contribution in [0, 0.1) is 0 Å². The van der Waals surface area contributed by atoms with Gasteiger partial charge in [0.05, 0.1) is 15.1 Å². The summed E-state index contributed by atoms with van der Waals surface area (Å²) in [5.74, 6) is 0. The van der Waals surface area contributed by atoms with E-state index >= 15 is 0 Å².